The van der Waals surface area contributed by atoms with Gasteiger partial charge in [-0.2, -0.15) is 0 Å². The highest BCUT2D eigenvalue weighted by Gasteiger charge is 2.29. The number of aromatic hydroxyl groups is 1. The van der Waals surface area contributed by atoms with E-state index in [1.165, 1.54) is 0 Å². The fourth-order valence-corrected chi connectivity index (χ4v) is 3.42. The van der Waals surface area contributed by atoms with Crippen LogP contribution in [0.25, 0.3) is 11.1 Å². The van der Waals surface area contributed by atoms with E-state index in [0.717, 1.165) is 22.3 Å². The van der Waals surface area contributed by atoms with Gasteiger partial charge in [0, 0.05) is 18.1 Å². The zero-order valence-electron chi connectivity index (χ0n) is 14.1. The third-order valence-corrected chi connectivity index (χ3v) is 4.60. The molecule has 0 atom stereocenters. The van der Waals surface area contributed by atoms with Crippen molar-refractivity contribution in [1.82, 2.24) is 0 Å². The number of hydrogen-bond acceptors (Lipinski definition) is 3. The number of carbonyl (C=O) groups excluding carboxylic acids is 1. The second-order valence-electron chi connectivity index (χ2n) is 6.23. The zero-order valence-corrected chi connectivity index (χ0v) is 14.1. The molecule has 1 aliphatic rings. The molecule has 0 aliphatic heterocycles. The first-order chi connectivity index (χ1) is 13.0. The van der Waals surface area contributed by atoms with Crippen molar-refractivity contribution in [3.8, 4) is 16.9 Å². The Morgan fingerprint density at radius 2 is 1.59 bits per heavy atom. The first-order valence-corrected chi connectivity index (χ1v) is 8.34. The molecule has 27 heavy (non-hydrogen) atoms. The van der Waals surface area contributed by atoms with Crippen molar-refractivity contribution in [2.45, 2.75) is 5.92 Å². The standard InChI is InChI=1S/C21H15F2NO3/c22-12-9-18(23)20(19(25)10-12)24-21(26)27-11-17-15-7-3-1-5-13(15)14-6-2-4-8-16(14)17/h1-10,17,25H,11H2,(H,24,26). The summed E-state index contributed by atoms with van der Waals surface area (Å²) < 4.78 is 32.0. The lowest BCUT2D eigenvalue weighted by Gasteiger charge is -2.15. The van der Waals surface area contributed by atoms with Gasteiger partial charge in [0.15, 0.2) is 5.82 Å². The summed E-state index contributed by atoms with van der Waals surface area (Å²) in [6.07, 6.45) is -0.933. The summed E-state index contributed by atoms with van der Waals surface area (Å²) in [6.45, 7) is 0.0451. The minimum Gasteiger partial charge on any atom is -0.506 e. The number of halogens is 2. The molecule has 0 unspecified atom stereocenters. The first kappa shape index (κ1) is 17.0. The summed E-state index contributed by atoms with van der Waals surface area (Å²) in [5.74, 6) is -2.88. The molecule has 0 saturated carbocycles. The molecule has 4 rings (SSSR count). The smallest absolute Gasteiger partial charge is 0.411 e. The highest BCUT2D eigenvalue weighted by molar-refractivity contribution is 5.87. The molecule has 4 nitrogen and oxygen atoms in total. The normalized spacial score (nSPS) is 12.4. The summed E-state index contributed by atoms with van der Waals surface area (Å²) in [4.78, 5) is 12.1. The molecule has 0 aromatic heterocycles. The highest BCUT2D eigenvalue weighted by atomic mass is 19.1. The number of hydrogen-bond donors (Lipinski definition) is 2. The van der Waals surface area contributed by atoms with E-state index in [1.54, 1.807) is 0 Å². The molecule has 2 N–H and O–H groups in total. The Morgan fingerprint density at radius 3 is 2.19 bits per heavy atom. The van der Waals surface area contributed by atoms with E-state index < -0.39 is 29.2 Å². The SMILES string of the molecule is O=C(Nc1c(O)cc(F)cc1F)OCC1c2ccccc2-c2ccccc21. The Bertz CT molecular complexity index is 967. The van der Waals surface area contributed by atoms with Crippen molar-refractivity contribution in [1.29, 1.82) is 0 Å². The van der Waals surface area contributed by atoms with E-state index in [2.05, 4.69) is 5.32 Å². The van der Waals surface area contributed by atoms with Gasteiger partial charge >= 0.3 is 6.09 Å². The summed E-state index contributed by atoms with van der Waals surface area (Å²) >= 11 is 0. The largest absolute Gasteiger partial charge is 0.506 e. The quantitative estimate of drug-likeness (QED) is 0.638. The van der Waals surface area contributed by atoms with E-state index in [0.29, 0.717) is 12.1 Å². The van der Waals surface area contributed by atoms with Crippen molar-refractivity contribution in [3.63, 3.8) is 0 Å². The Morgan fingerprint density at radius 1 is 1.00 bits per heavy atom. The first-order valence-electron chi connectivity index (χ1n) is 8.34. The maximum atomic E-state index is 13.7. The van der Waals surface area contributed by atoms with Gasteiger partial charge in [0.1, 0.15) is 23.9 Å². The summed E-state index contributed by atoms with van der Waals surface area (Å²) in [5, 5.41) is 11.7. The van der Waals surface area contributed by atoms with Crippen LogP contribution in [0.5, 0.6) is 5.75 Å². The van der Waals surface area contributed by atoms with Gasteiger partial charge in [-0.05, 0) is 22.3 Å². The number of carbonyl (C=O) groups is 1. The second-order valence-corrected chi connectivity index (χ2v) is 6.23. The molecule has 6 heteroatoms. The molecule has 3 aromatic rings. The number of phenolic OH excluding ortho intramolecular Hbond substituents is 1. The Labute approximate surface area is 154 Å². The van der Waals surface area contributed by atoms with Crippen molar-refractivity contribution >= 4 is 11.8 Å². The average Bonchev–Trinajstić information content (AvgIpc) is 2.97. The van der Waals surface area contributed by atoms with Crippen molar-refractivity contribution in [2.75, 3.05) is 11.9 Å². The predicted molar refractivity (Wildman–Crippen MR) is 96.7 cm³/mol. The van der Waals surface area contributed by atoms with Gasteiger partial charge in [-0.25, -0.2) is 13.6 Å². The molecule has 136 valence electrons. The van der Waals surface area contributed by atoms with Crippen LogP contribution >= 0.6 is 0 Å². The van der Waals surface area contributed by atoms with E-state index in [4.69, 9.17) is 4.74 Å². The lowest BCUT2D eigenvalue weighted by Crippen LogP contribution is -2.18. The molecule has 0 saturated heterocycles. The summed E-state index contributed by atoms with van der Waals surface area (Å²) in [7, 11) is 0. The number of amides is 1. The third kappa shape index (κ3) is 3.10. The monoisotopic (exact) mass is 367 g/mol. The van der Waals surface area contributed by atoms with E-state index in [1.807, 2.05) is 48.5 Å². The van der Waals surface area contributed by atoms with Crippen LogP contribution in [0.4, 0.5) is 19.3 Å². The number of ether oxygens (including phenoxy) is 1. The fraction of sp³-hybridized carbons (Fsp3) is 0.0952. The van der Waals surface area contributed by atoms with Gasteiger partial charge in [-0.15, -0.1) is 0 Å². The topological polar surface area (TPSA) is 58.6 Å². The van der Waals surface area contributed by atoms with Gasteiger partial charge in [-0.1, -0.05) is 48.5 Å². The summed E-state index contributed by atoms with van der Waals surface area (Å²) in [6, 6.07) is 17.0. The van der Waals surface area contributed by atoms with Crippen molar-refractivity contribution in [3.05, 3.63) is 83.4 Å². The van der Waals surface area contributed by atoms with Gasteiger partial charge in [0.2, 0.25) is 0 Å². The number of rotatable bonds is 3. The molecule has 0 fully saturated rings. The van der Waals surface area contributed by atoms with E-state index >= 15 is 0 Å². The van der Waals surface area contributed by atoms with Gasteiger partial charge < -0.3 is 9.84 Å². The summed E-state index contributed by atoms with van der Waals surface area (Å²) in [5.41, 5.74) is 3.74. The Hall–Kier alpha value is -3.41. The molecule has 1 amide bonds. The maximum Gasteiger partial charge on any atom is 0.411 e. The van der Waals surface area contributed by atoms with Gasteiger partial charge in [-0.3, -0.25) is 5.32 Å². The maximum absolute atomic E-state index is 13.7. The second kappa shape index (κ2) is 6.72. The van der Waals surface area contributed by atoms with E-state index in [9.17, 15) is 18.7 Å². The fourth-order valence-electron chi connectivity index (χ4n) is 3.42. The number of anilines is 1. The third-order valence-electron chi connectivity index (χ3n) is 4.60. The van der Waals surface area contributed by atoms with Crippen LogP contribution in [0.15, 0.2) is 60.7 Å². The molecular weight excluding hydrogens is 352 g/mol. The Kier molecular flexibility index (Phi) is 4.24. The van der Waals surface area contributed by atoms with Gasteiger partial charge in [0.25, 0.3) is 0 Å². The number of nitrogens with one attached hydrogen (secondary N) is 1. The zero-order chi connectivity index (χ0) is 19.0. The molecular formula is C21H15F2NO3. The lowest BCUT2D eigenvalue weighted by molar-refractivity contribution is 0.158. The van der Waals surface area contributed by atoms with Crippen molar-refractivity contribution < 1.29 is 23.4 Å². The van der Waals surface area contributed by atoms with Gasteiger partial charge in [0.05, 0.1) is 0 Å². The van der Waals surface area contributed by atoms with Crippen LogP contribution in [0.2, 0.25) is 0 Å². The Balaban J connectivity index is 1.52. The molecule has 0 heterocycles. The van der Waals surface area contributed by atoms with Crippen LogP contribution < -0.4 is 5.32 Å². The van der Waals surface area contributed by atoms with Crippen LogP contribution in [0.1, 0.15) is 17.0 Å². The predicted octanol–water partition coefficient (Wildman–Crippen LogP) is 5.03. The number of benzene rings is 3. The molecule has 3 aromatic carbocycles. The van der Waals surface area contributed by atoms with Crippen LogP contribution in [0.3, 0.4) is 0 Å². The van der Waals surface area contributed by atoms with Crippen LogP contribution in [-0.2, 0) is 4.74 Å². The minimum atomic E-state index is -1.08. The van der Waals surface area contributed by atoms with Crippen molar-refractivity contribution in [2.24, 2.45) is 0 Å². The number of phenols is 1. The van der Waals surface area contributed by atoms with Crippen LogP contribution in [0, 0.1) is 11.6 Å². The molecule has 1 aliphatic carbocycles. The van der Waals surface area contributed by atoms with E-state index in [-0.39, 0.29) is 12.5 Å². The minimum absolute atomic E-state index is 0.0451. The molecule has 0 radical (unpaired) electrons. The van der Waals surface area contributed by atoms with Crippen LogP contribution in [-0.4, -0.2) is 17.8 Å². The lowest BCUT2D eigenvalue weighted by atomic mass is 9.98. The molecule has 0 spiro atoms. The highest BCUT2D eigenvalue weighted by Crippen LogP contribution is 2.44. The number of fused-ring (bicyclic) bond motifs is 3. The average molecular weight is 367 g/mol. The molecule has 0 bridgehead atoms.